The van der Waals surface area contributed by atoms with Crippen molar-refractivity contribution < 1.29 is 33.5 Å². The molecule has 0 spiro atoms. The zero-order chi connectivity index (χ0) is 24.5. The van der Waals surface area contributed by atoms with Gasteiger partial charge < -0.3 is 19.5 Å². The molecule has 2 aromatic carbocycles. The summed E-state index contributed by atoms with van der Waals surface area (Å²) < 4.78 is 15.1. The minimum atomic E-state index is -0.893. The lowest BCUT2D eigenvalue weighted by molar-refractivity contribution is -0.385. The molecule has 0 bridgehead atoms. The summed E-state index contributed by atoms with van der Waals surface area (Å²) in [5.74, 6) is -2.26. The molecule has 176 valence electrons. The molecule has 10 nitrogen and oxygen atoms in total. The van der Waals surface area contributed by atoms with Crippen molar-refractivity contribution in [2.24, 2.45) is 0 Å². The normalized spacial score (nSPS) is 10.3. The molecule has 0 atom stereocenters. The summed E-state index contributed by atoms with van der Waals surface area (Å²) in [6.45, 7) is 0.576. The highest BCUT2D eigenvalue weighted by Crippen LogP contribution is 2.36. The Kier molecular flexibility index (Phi) is 8.30. The number of hydrogen-bond donors (Lipinski definition) is 1. The first kappa shape index (κ1) is 24.4. The minimum Gasteiger partial charge on any atom is -0.475 e. The van der Waals surface area contributed by atoms with E-state index in [1.165, 1.54) is 24.3 Å². The fourth-order valence-corrected chi connectivity index (χ4v) is 3.88. The van der Waals surface area contributed by atoms with Crippen molar-refractivity contribution in [2.75, 3.05) is 25.1 Å². The Morgan fingerprint density at radius 3 is 2.41 bits per heavy atom. The van der Waals surface area contributed by atoms with Crippen LogP contribution in [0.1, 0.15) is 17.3 Å². The minimum absolute atomic E-state index is 0.0972. The average Bonchev–Trinajstić information content (AvgIpc) is 3.25. The van der Waals surface area contributed by atoms with E-state index < -0.39 is 36.0 Å². The number of para-hydroxylation sites is 2. The molecule has 1 amide bonds. The number of amides is 1. The Morgan fingerprint density at radius 2 is 1.71 bits per heavy atom. The first-order valence-corrected chi connectivity index (χ1v) is 10.9. The smallest absolute Gasteiger partial charge is 0.344 e. The highest BCUT2D eigenvalue weighted by atomic mass is 32.1. The van der Waals surface area contributed by atoms with Gasteiger partial charge in [-0.2, -0.15) is 0 Å². The van der Waals surface area contributed by atoms with Gasteiger partial charge in [-0.25, -0.2) is 9.59 Å². The van der Waals surface area contributed by atoms with Gasteiger partial charge in [0.1, 0.15) is 10.6 Å². The van der Waals surface area contributed by atoms with Crippen LogP contribution in [0.4, 0.5) is 10.7 Å². The molecule has 0 aliphatic carbocycles. The molecule has 0 saturated heterocycles. The fourth-order valence-electron chi connectivity index (χ4n) is 2.90. The largest absolute Gasteiger partial charge is 0.475 e. The summed E-state index contributed by atoms with van der Waals surface area (Å²) in [7, 11) is 0. The molecular weight excluding hydrogens is 464 g/mol. The molecular formula is C23H20N2O8S. The Hall–Kier alpha value is -4.25. The van der Waals surface area contributed by atoms with E-state index in [2.05, 4.69) is 5.32 Å². The van der Waals surface area contributed by atoms with Crippen LogP contribution < -0.4 is 10.1 Å². The molecule has 34 heavy (non-hydrogen) atoms. The number of carbonyl (C=O) groups is 3. The van der Waals surface area contributed by atoms with Crippen molar-refractivity contribution in [1.29, 1.82) is 0 Å². The first-order chi connectivity index (χ1) is 16.4. The summed E-state index contributed by atoms with van der Waals surface area (Å²) in [6.07, 6.45) is 0. The third-order valence-corrected chi connectivity index (χ3v) is 5.28. The monoisotopic (exact) mass is 484 g/mol. The molecule has 0 unspecified atom stereocenters. The summed E-state index contributed by atoms with van der Waals surface area (Å²) in [5, 5.41) is 15.5. The number of thiophene rings is 1. The van der Waals surface area contributed by atoms with Crippen molar-refractivity contribution in [3.63, 3.8) is 0 Å². The molecule has 0 radical (unpaired) electrons. The average molecular weight is 484 g/mol. The fraction of sp³-hybridized carbons (Fsp3) is 0.174. The van der Waals surface area contributed by atoms with Gasteiger partial charge in [0.15, 0.2) is 19.0 Å². The number of rotatable bonds is 10. The molecule has 1 N–H and O–H groups in total. The van der Waals surface area contributed by atoms with Crippen LogP contribution in [-0.4, -0.2) is 42.6 Å². The van der Waals surface area contributed by atoms with Crippen LogP contribution in [-0.2, 0) is 19.1 Å². The van der Waals surface area contributed by atoms with Gasteiger partial charge in [-0.3, -0.25) is 14.9 Å². The number of nitrogens with one attached hydrogen (secondary N) is 1. The van der Waals surface area contributed by atoms with Crippen LogP contribution in [0.3, 0.4) is 0 Å². The number of esters is 2. The number of nitro benzene ring substituents is 1. The standard InChI is InChI=1S/C23H20N2O8S/c1-2-31-23(28)21-16(15-8-4-3-5-9-15)14-34-22(21)24-19(26)12-33-20(27)13-32-18-11-7-6-10-17(18)25(29)30/h3-11,14H,2,12-13H2,1H3,(H,24,26). The third kappa shape index (κ3) is 6.17. The second kappa shape index (κ2) is 11.6. The van der Waals surface area contributed by atoms with Gasteiger partial charge in [0, 0.05) is 17.0 Å². The number of anilines is 1. The van der Waals surface area contributed by atoms with E-state index in [1.54, 1.807) is 12.3 Å². The van der Waals surface area contributed by atoms with Crippen LogP contribution in [0.15, 0.2) is 60.0 Å². The van der Waals surface area contributed by atoms with Gasteiger partial charge >= 0.3 is 17.6 Å². The summed E-state index contributed by atoms with van der Waals surface area (Å²) in [6, 6.07) is 14.7. The second-order valence-corrected chi connectivity index (χ2v) is 7.54. The number of nitrogens with zero attached hydrogens (tertiary/aromatic N) is 1. The van der Waals surface area contributed by atoms with Crippen molar-refractivity contribution in [3.8, 4) is 16.9 Å². The van der Waals surface area contributed by atoms with Gasteiger partial charge in [0.25, 0.3) is 5.91 Å². The Labute approximate surface area is 198 Å². The van der Waals surface area contributed by atoms with E-state index >= 15 is 0 Å². The molecule has 0 aliphatic heterocycles. The van der Waals surface area contributed by atoms with Gasteiger partial charge in [0.2, 0.25) is 0 Å². The van der Waals surface area contributed by atoms with Crippen LogP contribution in [0, 0.1) is 10.1 Å². The van der Waals surface area contributed by atoms with Crippen molar-refractivity contribution in [3.05, 3.63) is 75.7 Å². The SMILES string of the molecule is CCOC(=O)c1c(-c2ccccc2)csc1NC(=O)COC(=O)COc1ccccc1[N+](=O)[O-]. The van der Waals surface area contributed by atoms with Crippen molar-refractivity contribution in [1.82, 2.24) is 0 Å². The Bertz CT molecular complexity index is 1190. The quantitative estimate of drug-likeness (QED) is 0.259. The van der Waals surface area contributed by atoms with Gasteiger partial charge in [-0.1, -0.05) is 42.5 Å². The topological polar surface area (TPSA) is 134 Å². The van der Waals surface area contributed by atoms with Crippen LogP contribution in [0.25, 0.3) is 11.1 Å². The lowest BCUT2D eigenvalue weighted by Gasteiger charge is -2.10. The molecule has 11 heteroatoms. The highest BCUT2D eigenvalue weighted by molar-refractivity contribution is 7.15. The first-order valence-electron chi connectivity index (χ1n) is 10.1. The predicted molar refractivity (Wildman–Crippen MR) is 124 cm³/mol. The predicted octanol–water partition coefficient (Wildman–Crippen LogP) is 4.06. The van der Waals surface area contributed by atoms with E-state index in [4.69, 9.17) is 14.2 Å². The number of ether oxygens (including phenoxy) is 3. The molecule has 1 heterocycles. The summed E-state index contributed by atoms with van der Waals surface area (Å²) in [5.41, 5.74) is 1.29. The second-order valence-electron chi connectivity index (χ2n) is 6.66. The zero-order valence-electron chi connectivity index (χ0n) is 18.0. The Morgan fingerprint density at radius 1 is 1.00 bits per heavy atom. The lowest BCUT2D eigenvalue weighted by Crippen LogP contribution is -2.24. The molecule has 0 fully saturated rings. The maximum atomic E-state index is 12.5. The van der Waals surface area contributed by atoms with E-state index in [-0.39, 0.29) is 28.6 Å². The summed E-state index contributed by atoms with van der Waals surface area (Å²) in [4.78, 5) is 47.2. The van der Waals surface area contributed by atoms with E-state index in [9.17, 15) is 24.5 Å². The highest BCUT2D eigenvalue weighted by Gasteiger charge is 2.23. The zero-order valence-corrected chi connectivity index (χ0v) is 18.8. The lowest BCUT2D eigenvalue weighted by atomic mass is 10.0. The number of benzene rings is 2. The maximum absolute atomic E-state index is 12.5. The Balaban J connectivity index is 1.61. The van der Waals surface area contributed by atoms with Crippen LogP contribution in [0.2, 0.25) is 0 Å². The maximum Gasteiger partial charge on any atom is 0.344 e. The number of carbonyl (C=O) groups excluding carboxylic acids is 3. The number of hydrogen-bond acceptors (Lipinski definition) is 9. The van der Waals surface area contributed by atoms with E-state index in [0.29, 0.717) is 5.56 Å². The van der Waals surface area contributed by atoms with Crippen molar-refractivity contribution in [2.45, 2.75) is 6.92 Å². The molecule has 3 aromatic rings. The van der Waals surface area contributed by atoms with Crippen molar-refractivity contribution >= 4 is 39.9 Å². The number of nitro groups is 1. The molecule has 0 aliphatic rings. The third-order valence-electron chi connectivity index (χ3n) is 4.38. The van der Waals surface area contributed by atoms with Gasteiger partial charge in [-0.05, 0) is 18.6 Å². The van der Waals surface area contributed by atoms with Crippen LogP contribution >= 0.6 is 11.3 Å². The van der Waals surface area contributed by atoms with Gasteiger partial charge in [-0.15, -0.1) is 11.3 Å². The van der Waals surface area contributed by atoms with E-state index in [0.717, 1.165) is 16.9 Å². The molecule has 1 aromatic heterocycles. The molecule has 0 saturated carbocycles. The van der Waals surface area contributed by atoms with Gasteiger partial charge in [0.05, 0.1) is 11.5 Å². The van der Waals surface area contributed by atoms with E-state index in [1.807, 2.05) is 30.3 Å². The van der Waals surface area contributed by atoms with Crippen LogP contribution in [0.5, 0.6) is 5.75 Å². The molecule has 3 rings (SSSR count). The summed E-state index contributed by atoms with van der Waals surface area (Å²) >= 11 is 1.14.